The average molecular weight is 520 g/mol. The first kappa shape index (κ1) is 24.2. The van der Waals surface area contributed by atoms with Gasteiger partial charge in [0.2, 0.25) is 5.91 Å². The van der Waals surface area contributed by atoms with Crippen molar-refractivity contribution in [1.82, 2.24) is 15.5 Å². The van der Waals surface area contributed by atoms with E-state index in [1.165, 1.54) is 16.7 Å². The van der Waals surface area contributed by atoms with Gasteiger partial charge in [-0.05, 0) is 42.9 Å². The van der Waals surface area contributed by atoms with Gasteiger partial charge in [0.1, 0.15) is 0 Å². The van der Waals surface area contributed by atoms with Gasteiger partial charge >= 0.3 is 0 Å². The van der Waals surface area contributed by atoms with Gasteiger partial charge in [-0.15, -0.1) is 24.0 Å². The summed E-state index contributed by atoms with van der Waals surface area (Å²) in [6.45, 7) is 5.92. The smallest absolute Gasteiger partial charge is 0.223 e. The minimum absolute atomic E-state index is 0. The average Bonchev–Trinajstić information content (AvgIpc) is 3.19. The molecule has 0 aromatic heterocycles. The molecule has 0 spiro atoms. The van der Waals surface area contributed by atoms with Crippen molar-refractivity contribution in [2.75, 3.05) is 19.6 Å². The molecule has 0 radical (unpaired) electrons. The molecule has 0 fully saturated rings. The van der Waals surface area contributed by atoms with E-state index in [1.54, 1.807) is 0 Å². The highest BCUT2D eigenvalue weighted by Crippen LogP contribution is 2.22. The van der Waals surface area contributed by atoms with Crippen molar-refractivity contribution in [2.45, 2.75) is 45.7 Å². The van der Waals surface area contributed by atoms with E-state index in [9.17, 15) is 4.79 Å². The normalized spacial score (nSPS) is 12.8. The Kier molecular flexibility index (Phi) is 10.7. The Bertz CT molecular complexity index is 785. The van der Waals surface area contributed by atoms with Crippen LogP contribution in [-0.2, 0) is 24.3 Å². The second-order valence-electron chi connectivity index (χ2n) is 7.40. The van der Waals surface area contributed by atoms with Crippen LogP contribution in [0.25, 0.3) is 0 Å². The van der Waals surface area contributed by atoms with Gasteiger partial charge in [-0.25, -0.2) is 0 Å². The predicted octanol–water partition coefficient (Wildman–Crippen LogP) is 4.11. The number of carbonyl (C=O) groups excluding carboxylic acids is 1. The summed E-state index contributed by atoms with van der Waals surface area (Å²) in [6.07, 6.45) is 3.43. The Hall–Kier alpha value is -2.09. The summed E-state index contributed by atoms with van der Waals surface area (Å²) in [5.74, 6) is 1.06. The standard InChI is InChI=1S/C24H32N4O.HI/c1-2-25-24(26-16-8-12-20-10-4-3-5-11-20)27-17-9-15-23(29)28-18-21-13-6-7-14-22(21)19-28;/h3-7,10-11,13-14H,2,8-9,12,15-19H2,1H3,(H2,25,26,27);1H. The van der Waals surface area contributed by atoms with Crippen LogP contribution in [0, 0.1) is 0 Å². The number of aliphatic imine (C=N–C) groups is 1. The zero-order valence-corrected chi connectivity index (χ0v) is 20.1. The third kappa shape index (κ3) is 7.63. The summed E-state index contributed by atoms with van der Waals surface area (Å²) in [5, 5.41) is 6.63. The van der Waals surface area contributed by atoms with Crippen molar-refractivity contribution in [2.24, 2.45) is 4.99 Å². The van der Waals surface area contributed by atoms with Crippen LogP contribution in [0.5, 0.6) is 0 Å². The number of fused-ring (bicyclic) bond motifs is 1. The highest BCUT2D eigenvalue weighted by molar-refractivity contribution is 14.0. The number of nitrogens with one attached hydrogen (secondary N) is 2. The Morgan fingerprint density at radius 3 is 2.30 bits per heavy atom. The van der Waals surface area contributed by atoms with Crippen molar-refractivity contribution >= 4 is 35.8 Å². The van der Waals surface area contributed by atoms with Gasteiger partial charge in [-0.1, -0.05) is 54.6 Å². The molecule has 6 heteroatoms. The molecule has 0 saturated heterocycles. The van der Waals surface area contributed by atoms with Crippen molar-refractivity contribution in [3.63, 3.8) is 0 Å². The zero-order chi connectivity index (χ0) is 20.3. The topological polar surface area (TPSA) is 56.7 Å². The summed E-state index contributed by atoms with van der Waals surface area (Å²) in [5.41, 5.74) is 3.90. The predicted molar refractivity (Wildman–Crippen MR) is 134 cm³/mol. The molecule has 0 saturated carbocycles. The highest BCUT2D eigenvalue weighted by Gasteiger charge is 2.22. The highest BCUT2D eigenvalue weighted by atomic mass is 127. The van der Waals surface area contributed by atoms with E-state index < -0.39 is 0 Å². The van der Waals surface area contributed by atoms with Crippen LogP contribution in [0.3, 0.4) is 0 Å². The second kappa shape index (κ2) is 13.3. The third-order valence-electron chi connectivity index (χ3n) is 5.13. The maximum atomic E-state index is 12.5. The third-order valence-corrected chi connectivity index (χ3v) is 5.13. The molecule has 1 aliphatic rings. The van der Waals surface area contributed by atoms with Gasteiger partial charge in [0.15, 0.2) is 5.96 Å². The van der Waals surface area contributed by atoms with E-state index in [1.807, 2.05) is 23.1 Å². The molecular weight excluding hydrogens is 487 g/mol. The van der Waals surface area contributed by atoms with E-state index in [-0.39, 0.29) is 29.9 Å². The number of guanidine groups is 1. The fraction of sp³-hybridized carbons (Fsp3) is 0.417. The lowest BCUT2D eigenvalue weighted by atomic mass is 10.1. The number of rotatable bonds is 9. The van der Waals surface area contributed by atoms with Crippen LogP contribution in [0.1, 0.15) is 42.9 Å². The van der Waals surface area contributed by atoms with Gasteiger partial charge in [0.25, 0.3) is 0 Å². The molecule has 0 aliphatic carbocycles. The van der Waals surface area contributed by atoms with Crippen LogP contribution in [0.15, 0.2) is 59.6 Å². The molecule has 2 N–H and O–H groups in total. The van der Waals surface area contributed by atoms with Gasteiger partial charge in [0.05, 0.1) is 0 Å². The second-order valence-corrected chi connectivity index (χ2v) is 7.40. The Balaban J connectivity index is 0.00000320. The fourth-order valence-electron chi connectivity index (χ4n) is 3.57. The maximum absolute atomic E-state index is 12.5. The van der Waals surface area contributed by atoms with E-state index >= 15 is 0 Å². The summed E-state index contributed by atoms with van der Waals surface area (Å²) < 4.78 is 0. The lowest BCUT2D eigenvalue weighted by molar-refractivity contribution is -0.131. The Labute approximate surface area is 197 Å². The molecule has 162 valence electrons. The lowest BCUT2D eigenvalue weighted by Gasteiger charge is -2.16. The largest absolute Gasteiger partial charge is 0.357 e. The number of carbonyl (C=O) groups is 1. The summed E-state index contributed by atoms with van der Waals surface area (Å²) >= 11 is 0. The molecule has 1 amide bonds. The number of halogens is 1. The Morgan fingerprint density at radius 1 is 0.967 bits per heavy atom. The fourth-order valence-corrected chi connectivity index (χ4v) is 3.57. The summed E-state index contributed by atoms with van der Waals surface area (Å²) in [4.78, 5) is 19.1. The molecule has 1 heterocycles. The van der Waals surface area contributed by atoms with E-state index in [2.05, 4.69) is 58.9 Å². The first-order valence-corrected chi connectivity index (χ1v) is 10.7. The lowest BCUT2D eigenvalue weighted by Crippen LogP contribution is -2.38. The summed E-state index contributed by atoms with van der Waals surface area (Å²) in [6, 6.07) is 18.8. The van der Waals surface area contributed by atoms with Crippen LogP contribution >= 0.6 is 24.0 Å². The quantitative estimate of drug-likeness (QED) is 0.227. The maximum Gasteiger partial charge on any atom is 0.223 e. The number of nitrogens with zero attached hydrogens (tertiary/aromatic N) is 2. The molecule has 2 aromatic carbocycles. The molecule has 0 unspecified atom stereocenters. The van der Waals surface area contributed by atoms with Crippen molar-refractivity contribution in [3.8, 4) is 0 Å². The van der Waals surface area contributed by atoms with E-state index in [0.29, 0.717) is 6.42 Å². The van der Waals surface area contributed by atoms with Gasteiger partial charge in [0, 0.05) is 39.1 Å². The van der Waals surface area contributed by atoms with Crippen LogP contribution in [0.4, 0.5) is 0 Å². The van der Waals surface area contributed by atoms with Gasteiger partial charge in [-0.3, -0.25) is 9.79 Å². The molecule has 2 aromatic rings. The molecule has 3 rings (SSSR count). The minimum Gasteiger partial charge on any atom is -0.357 e. The van der Waals surface area contributed by atoms with Crippen LogP contribution in [0.2, 0.25) is 0 Å². The first-order valence-electron chi connectivity index (χ1n) is 10.7. The zero-order valence-electron chi connectivity index (χ0n) is 17.8. The molecule has 1 aliphatic heterocycles. The van der Waals surface area contributed by atoms with Crippen molar-refractivity contribution < 1.29 is 4.79 Å². The number of hydrogen-bond donors (Lipinski definition) is 2. The van der Waals surface area contributed by atoms with Crippen molar-refractivity contribution in [3.05, 3.63) is 71.3 Å². The molecule has 5 nitrogen and oxygen atoms in total. The number of hydrogen-bond acceptors (Lipinski definition) is 2. The molecule has 0 atom stereocenters. The minimum atomic E-state index is 0. The van der Waals surface area contributed by atoms with Gasteiger partial charge < -0.3 is 15.5 Å². The molecule has 30 heavy (non-hydrogen) atoms. The molecule has 0 bridgehead atoms. The summed E-state index contributed by atoms with van der Waals surface area (Å²) in [7, 11) is 0. The van der Waals surface area contributed by atoms with Crippen molar-refractivity contribution in [1.29, 1.82) is 0 Å². The molecular formula is C24H33IN4O. The number of amides is 1. The van der Waals surface area contributed by atoms with E-state index in [4.69, 9.17) is 0 Å². The van der Waals surface area contributed by atoms with Crippen LogP contribution < -0.4 is 10.6 Å². The number of aryl methyl sites for hydroxylation is 1. The SMILES string of the molecule is CCNC(=NCCCc1ccccc1)NCCCC(=O)N1Cc2ccccc2C1.I. The van der Waals surface area contributed by atoms with E-state index in [0.717, 1.165) is 57.9 Å². The van der Waals surface area contributed by atoms with Crippen LogP contribution in [-0.4, -0.2) is 36.4 Å². The van der Waals surface area contributed by atoms with Gasteiger partial charge in [-0.2, -0.15) is 0 Å². The number of benzene rings is 2. The first-order chi connectivity index (χ1) is 14.3. The monoisotopic (exact) mass is 520 g/mol. The Morgan fingerprint density at radius 2 is 1.63 bits per heavy atom.